The molecule has 0 spiro atoms. The molecule has 5 atom stereocenters. The molecule has 13 heteroatoms. The highest BCUT2D eigenvalue weighted by Gasteiger charge is 2.43. The normalized spacial score (nSPS) is 26.3. The van der Waals surface area contributed by atoms with Gasteiger partial charge in [-0.2, -0.15) is 0 Å². The predicted octanol–water partition coefficient (Wildman–Crippen LogP) is 0.0219. The summed E-state index contributed by atoms with van der Waals surface area (Å²) in [5.41, 5.74) is 2.46. The summed E-state index contributed by atoms with van der Waals surface area (Å²) in [4.78, 5) is 74.4. The van der Waals surface area contributed by atoms with E-state index in [0.717, 1.165) is 28.5 Å². The summed E-state index contributed by atoms with van der Waals surface area (Å²) in [6, 6.07) is 13.6. The van der Waals surface area contributed by atoms with Gasteiger partial charge in [-0.3, -0.25) is 24.0 Å². The summed E-state index contributed by atoms with van der Waals surface area (Å²) in [6.07, 6.45) is 1.62. The number of amides is 5. The standard InChI is InChI=1S/C34H40N6O7/c41-23-17-28-32(44)38-26(15-21-7-2-1-3-8-21)31(43)35-12-13-39(34(46)29-11-6-14-47-29)20-30(42)37-27(33(45)40(28)19-23)16-22-18-36-25-10-5-4-9-24(22)25/h1-5,7-10,18,23,26-29,36,41H,6,11-17,19-20H2,(H,35,43)(H,37,42)(H,38,44)/t23-,26+,27-,28+,29-/m1/s1. The maximum absolute atomic E-state index is 14.3. The van der Waals surface area contributed by atoms with Gasteiger partial charge in [0.05, 0.1) is 12.6 Å². The van der Waals surface area contributed by atoms with E-state index in [2.05, 4.69) is 20.9 Å². The van der Waals surface area contributed by atoms with Crippen LogP contribution in [0.4, 0.5) is 0 Å². The SMILES string of the molecule is O=C1CN(C(=O)[C@H]2CCCO2)CCNC(=O)[C@H](Cc2ccccc2)NC(=O)[C@@H]2C[C@@H](O)CN2C(=O)[C@@H](Cc2c[nH]c3ccccc23)N1. The second-order valence-corrected chi connectivity index (χ2v) is 12.4. The molecule has 5 N–H and O–H groups in total. The molecule has 1 aromatic heterocycles. The molecule has 5 amide bonds. The average molecular weight is 645 g/mol. The number of aliphatic hydroxyl groups is 1. The minimum Gasteiger partial charge on any atom is -0.391 e. The first-order chi connectivity index (χ1) is 22.8. The Kier molecular flexibility index (Phi) is 9.83. The van der Waals surface area contributed by atoms with Crippen molar-refractivity contribution in [3.8, 4) is 0 Å². The average Bonchev–Trinajstić information content (AvgIpc) is 3.84. The molecule has 4 heterocycles. The van der Waals surface area contributed by atoms with E-state index >= 15 is 0 Å². The third-order valence-electron chi connectivity index (χ3n) is 9.04. The van der Waals surface area contributed by atoms with Crippen LogP contribution < -0.4 is 16.0 Å². The summed E-state index contributed by atoms with van der Waals surface area (Å²) >= 11 is 0. The fourth-order valence-corrected chi connectivity index (χ4v) is 6.65. The van der Waals surface area contributed by atoms with Gasteiger partial charge in [-0.1, -0.05) is 48.5 Å². The van der Waals surface area contributed by atoms with Gasteiger partial charge in [0.1, 0.15) is 24.2 Å². The highest BCUT2D eigenvalue weighted by molar-refractivity contribution is 5.96. The van der Waals surface area contributed by atoms with E-state index in [4.69, 9.17) is 4.74 Å². The molecule has 3 saturated heterocycles. The number of aliphatic hydroxyl groups excluding tert-OH is 1. The van der Waals surface area contributed by atoms with Crippen molar-refractivity contribution in [2.75, 3.05) is 32.8 Å². The van der Waals surface area contributed by atoms with E-state index in [9.17, 15) is 29.1 Å². The molecule has 248 valence electrons. The van der Waals surface area contributed by atoms with Crippen LogP contribution in [0.2, 0.25) is 0 Å². The van der Waals surface area contributed by atoms with Crippen LogP contribution in [0.15, 0.2) is 60.8 Å². The number of hydrogen-bond acceptors (Lipinski definition) is 7. The number of carbonyl (C=O) groups excluding carboxylic acids is 5. The molecule has 3 aromatic rings. The molecule has 3 fully saturated rings. The van der Waals surface area contributed by atoms with E-state index in [1.165, 1.54) is 9.80 Å². The number of nitrogens with one attached hydrogen (secondary N) is 4. The minimum atomic E-state index is -1.10. The quantitative estimate of drug-likeness (QED) is 0.261. The Hall–Kier alpha value is -4.75. The number of benzene rings is 2. The van der Waals surface area contributed by atoms with Crippen LogP contribution in [0.3, 0.4) is 0 Å². The lowest BCUT2D eigenvalue weighted by Crippen LogP contribution is -2.57. The van der Waals surface area contributed by atoms with Crippen molar-refractivity contribution in [3.63, 3.8) is 0 Å². The van der Waals surface area contributed by atoms with Gasteiger partial charge in [-0.05, 0) is 30.0 Å². The summed E-state index contributed by atoms with van der Waals surface area (Å²) in [5, 5.41) is 20.0. The minimum absolute atomic E-state index is 0.0192. The van der Waals surface area contributed by atoms with E-state index in [0.29, 0.717) is 13.0 Å². The molecule has 3 aliphatic rings. The first kappa shape index (κ1) is 32.2. The number of carbonyl (C=O) groups is 5. The Morgan fingerprint density at radius 1 is 0.936 bits per heavy atom. The van der Waals surface area contributed by atoms with Crippen molar-refractivity contribution >= 4 is 40.4 Å². The number of H-pyrrole nitrogens is 1. The van der Waals surface area contributed by atoms with E-state index in [1.54, 1.807) is 6.20 Å². The van der Waals surface area contributed by atoms with E-state index < -0.39 is 54.0 Å². The Bertz CT molecular complexity index is 1620. The van der Waals surface area contributed by atoms with Gasteiger partial charge in [0, 0.05) is 62.6 Å². The monoisotopic (exact) mass is 644 g/mol. The first-order valence-electron chi connectivity index (χ1n) is 16.1. The van der Waals surface area contributed by atoms with Crippen molar-refractivity contribution in [1.82, 2.24) is 30.7 Å². The molecule has 6 rings (SSSR count). The Labute approximate surface area is 272 Å². The predicted molar refractivity (Wildman–Crippen MR) is 171 cm³/mol. The summed E-state index contributed by atoms with van der Waals surface area (Å²) < 4.78 is 5.61. The molecule has 0 aliphatic carbocycles. The van der Waals surface area contributed by atoms with Crippen molar-refractivity contribution in [2.24, 2.45) is 0 Å². The maximum Gasteiger partial charge on any atom is 0.252 e. The summed E-state index contributed by atoms with van der Waals surface area (Å²) in [7, 11) is 0. The maximum atomic E-state index is 14.3. The molecular formula is C34H40N6O7. The van der Waals surface area contributed by atoms with Gasteiger partial charge < -0.3 is 40.6 Å². The second-order valence-electron chi connectivity index (χ2n) is 12.4. The van der Waals surface area contributed by atoms with Gasteiger partial charge in [-0.15, -0.1) is 0 Å². The molecule has 13 nitrogen and oxygen atoms in total. The van der Waals surface area contributed by atoms with Gasteiger partial charge in [0.25, 0.3) is 5.91 Å². The van der Waals surface area contributed by atoms with Crippen LogP contribution in [0.1, 0.15) is 30.4 Å². The number of nitrogens with zero attached hydrogens (tertiary/aromatic N) is 2. The number of hydrogen-bond donors (Lipinski definition) is 5. The van der Waals surface area contributed by atoms with Gasteiger partial charge in [0.15, 0.2) is 0 Å². The Morgan fingerprint density at radius 3 is 2.51 bits per heavy atom. The largest absolute Gasteiger partial charge is 0.391 e. The fraction of sp³-hybridized carbons (Fsp3) is 0.441. The van der Waals surface area contributed by atoms with Crippen molar-refractivity contribution < 1.29 is 33.8 Å². The first-order valence-corrected chi connectivity index (χ1v) is 16.1. The number of ether oxygens (including phenoxy) is 1. The number of aromatic amines is 1. The van der Waals surface area contributed by atoms with Crippen LogP contribution >= 0.6 is 0 Å². The number of aromatic nitrogens is 1. The molecule has 3 aliphatic heterocycles. The zero-order valence-electron chi connectivity index (χ0n) is 26.0. The molecule has 0 saturated carbocycles. The second kappa shape index (κ2) is 14.3. The lowest BCUT2D eigenvalue weighted by Gasteiger charge is -2.30. The van der Waals surface area contributed by atoms with Crippen molar-refractivity contribution in [1.29, 1.82) is 0 Å². The lowest BCUT2D eigenvalue weighted by molar-refractivity contribution is -0.145. The van der Waals surface area contributed by atoms with Crippen LogP contribution in [-0.4, -0.2) is 113 Å². The summed E-state index contributed by atoms with van der Waals surface area (Å²) in [6.45, 7) is 0.0148. The zero-order chi connectivity index (χ0) is 32.9. The van der Waals surface area contributed by atoms with Gasteiger partial charge in [-0.25, -0.2) is 0 Å². The smallest absolute Gasteiger partial charge is 0.252 e. The highest BCUT2D eigenvalue weighted by Crippen LogP contribution is 2.24. The highest BCUT2D eigenvalue weighted by atomic mass is 16.5. The van der Waals surface area contributed by atoms with E-state index in [1.807, 2.05) is 54.6 Å². The third-order valence-corrected chi connectivity index (χ3v) is 9.04. The van der Waals surface area contributed by atoms with Gasteiger partial charge in [0.2, 0.25) is 23.6 Å². The topological polar surface area (TPSA) is 173 Å². The molecule has 47 heavy (non-hydrogen) atoms. The van der Waals surface area contributed by atoms with Gasteiger partial charge >= 0.3 is 0 Å². The molecule has 0 radical (unpaired) electrons. The summed E-state index contributed by atoms with van der Waals surface area (Å²) in [5.74, 6) is -2.53. The zero-order valence-corrected chi connectivity index (χ0v) is 26.0. The Morgan fingerprint density at radius 2 is 1.72 bits per heavy atom. The lowest BCUT2D eigenvalue weighted by atomic mass is 10.0. The van der Waals surface area contributed by atoms with Crippen molar-refractivity contribution in [2.45, 2.75) is 62.4 Å². The van der Waals surface area contributed by atoms with Crippen LogP contribution in [0.25, 0.3) is 10.9 Å². The molecule has 0 bridgehead atoms. The fourth-order valence-electron chi connectivity index (χ4n) is 6.65. The molecular weight excluding hydrogens is 604 g/mol. The van der Waals surface area contributed by atoms with Crippen LogP contribution in [0.5, 0.6) is 0 Å². The Balaban J connectivity index is 1.32. The third kappa shape index (κ3) is 7.47. The molecule has 2 aromatic carbocycles. The number of para-hydroxylation sites is 1. The van der Waals surface area contributed by atoms with Crippen molar-refractivity contribution in [3.05, 3.63) is 71.9 Å². The van der Waals surface area contributed by atoms with Crippen LogP contribution in [0, 0.1) is 0 Å². The van der Waals surface area contributed by atoms with E-state index in [-0.39, 0.29) is 51.3 Å². The van der Waals surface area contributed by atoms with Crippen LogP contribution in [-0.2, 0) is 41.6 Å². The molecule has 0 unspecified atom stereocenters. The number of rotatable bonds is 5. The number of fused-ring (bicyclic) bond motifs is 2.